The van der Waals surface area contributed by atoms with Crippen LogP contribution in [0.25, 0.3) is 6.08 Å². The molecule has 2 rings (SSSR count). The van der Waals surface area contributed by atoms with Crippen LogP contribution in [-0.4, -0.2) is 18.0 Å². The average molecular weight is 309 g/mol. The lowest BCUT2D eigenvalue weighted by atomic mass is 10.1. The summed E-state index contributed by atoms with van der Waals surface area (Å²) in [6, 6.07) is 16.8. The molecule has 4 nitrogen and oxygen atoms in total. The standard InChI is InChI=1S/C19H19NO3/c1-14-8-10-16(11-9-14)12-13-18(21)23-15(2)19(22)20-17-6-4-3-5-7-17/h3-13,15H,1-2H3,(H,20,22)/b13-12+. The molecule has 0 fully saturated rings. The molecule has 0 aliphatic carbocycles. The van der Waals surface area contributed by atoms with Crippen LogP contribution < -0.4 is 5.32 Å². The van der Waals surface area contributed by atoms with Gasteiger partial charge < -0.3 is 10.1 Å². The van der Waals surface area contributed by atoms with E-state index in [9.17, 15) is 9.59 Å². The first kappa shape index (κ1) is 16.5. The molecule has 0 aliphatic heterocycles. The fourth-order valence-corrected chi connectivity index (χ4v) is 1.87. The van der Waals surface area contributed by atoms with Gasteiger partial charge in [-0.05, 0) is 37.6 Å². The van der Waals surface area contributed by atoms with Crippen LogP contribution in [0, 0.1) is 6.92 Å². The number of aryl methyl sites for hydroxylation is 1. The van der Waals surface area contributed by atoms with Crippen LogP contribution in [-0.2, 0) is 14.3 Å². The zero-order chi connectivity index (χ0) is 16.7. The number of amides is 1. The molecule has 0 bridgehead atoms. The van der Waals surface area contributed by atoms with Crippen LogP contribution in [0.4, 0.5) is 5.69 Å². The Balaban J connectivity index is 1.86. The molecule has 0 saturated heterocycles. The Morgan fingerprint density at radius 2 is 1.70 bits per heavy atom. The fraction of sp³-hybridized carbons (Fsp3) is 0.158. The van der Waals surface area contributed by atoms with Gasteiger partial charge in [0, 0.05) is 11.8 Å². The van der Waals surface area contributed by atoms with Crippen molar-refractivity contribution in [3.8, 4) is 0 Å². The number of hydrogen-bond donors (Lipinski definition) is 1. The van der Waals surface area contributed by atoms with Gasteiger partial charge in [-0.2, -0.15) is 0 Å². The van der Waals surface area contributed by atoms with Crippen molar-refractivity contribution in [2.75, 3.05) is 5.32 Å². The maximum absolute atomic E-state index is 11.9. The number of carbonyl (C=O) groups is 2. The molecule has 1 unspecified atom stereocenters. The van der Waals surface area contributed by atoms with E-state index in [4.69, 9.17) is 4.74 Å². The molecule has 0 saturated carbocycles. The molecule has 0 heterocycles. The highest BCUT2D eigenvalue weighted by Crippen LogP contribution is 2.08. The first-order valence-electron chi connectivity index (χ1n) is 7.36. The Hall–Kier alpha value is -2.88. The molecule has 1 N–H and O–H groups in total. The van der Waals surface area contributed by atoms with Crippen LogP contribution in [0.15, 0.2) is 60.7 Å². The highest BCUT2D eigenvalue weighted by molar-refractivity contribution is 5.96. The minimum absolute atomic E-state index is 0.367. The van der Waals surface area contributed by atoms with Gasteiger partial charge in [0.1, 0.15) is 0 Å². The van der Waals surface area contributed by atoms with Gasteiger partial charge >= 0.3 is 5.97 Å². The summed E-state index contributed by atoms with van der Waals surface area (Å²) in [6.45, 7) is 3.53. The Kier molecular flexibility index (Phi) is 5.69. The lowest BCUT2D eigenvalue weighted by molar-refractivity contribution is -0.148. The molecule has 0 aromatic heterocycles. The number of anilines is 1. The van der Waals surface area contributed by atoms with E-state index >= 15 is 0 Å². The van der Waals surface area contributed by atoms with E-state index in [-0.39, 0.29) is 5.91 Å². The van der Waals surface area contributed by atoms with Gasteiger partial charge in [0.05, 0.1) is 0 Å². The molecule has 0 aliphatic rings. The zero-order valence-electron chi connectivity index (χ0n) is 13.2. The van der Waals surface area contributed by atoms with Gasteiger partial charge in [0.2, 0.25) is 0 Å². The smallest absolute Gasteiger partial charge is 0.331 e. The van der Waals surface area contributed by atoms with Crippen molar-refractivity contribution >= 4 is 23.6 Å². The summed E-state index contributed by atoms with van der Waals surface area (Å²) in [7, 11) is 0. The van der Waals surface area contributed by atoms with Gasteiger partial charge in [-0.25, -0.2) is 4.79 Å². The number of benzene rings is 2. The Labute approximate surface area is 135 Å². The highest BCUT2D eigenvalue weighted by Gasteiger charge is 2.16. The van der Waals surface area contributed by atoms with E-state index in [2.05, 4.69) is 5.32 Å². The summed E-state index contributed by atoms with van der Waals surface area (Å²) in [6.07, 6.45) is 2.10. The predicted molar refractivity (Wildman–Crippen MR) is 90.8 cm³/mol. The minimum atomic E-state index is -0.870. The van der Waals surface area contributed by atoms with E-state index in [1.54, 1.807) is 18.2 Å². The second kappa shape index (κ2) is 7.94. The number of ether oxygens (including phenoxy) is 1. The number of nitrogens with one attached hydrogen (secondary N) is 1. The third kappa shape index (κ3) is 5.43. The molecule has 4 heteroatoms. The van der Waals surface area contributed by atoms with Gasteiger partial charge in [-0.1, -0.05) is 48.0 Å². The van der Waals surface area contributed by atoms with E-state index in [1.165, 1.54) is 13.0 Å². The molecular formula is C19H19NO3. The SMILES string of the molecule is Cc1ccc(/C=C/C(=O)OC(C)C(=O)Nc2ccccc2)cc1. The molecular weight excluding hydrogens is 290 g/mol. The van der Waals surface area contributed by atoms with Crippen molar-refractivity contribution in [3.63, 3.8) is 0 Å². The molecule has 2 aromatic rings. The molecule has 2 aromatic carbocycles. The lowest BCUT2D eigenvalue weighted by Crippen LogP contribution is -2.29. The van der Waals surface area contributed by atoms with Crippen molar-refractivity contribution in [1.82, 2.24) is 0 Å². The highest BCUT2D eigenvalue weighted by atomic mass is 16.5. The second-order valence-electron chi connectivity index (χ2n) is 5.18. The van der Waals surface area contributed by atoms with Crippen LogP contribution in [0.1, 0.15) is 18.1 Å². The van der Waals surface area contributed by atoms with Gasteiger partial charge in [-0.15, -0.1) is 0 Å². The Morgan fingerprint density at radius 1 is 1.04 bits per heavy atom. The summed E-state index contributed by atoms with van der Waals surface area (Å²) in [5.74, 6) is -0.922. The number of hydrogen-bond acceptors (Lipinski definition) is 3. The minimum Gasteiger partial charge on any atom is -0.449 e. The van der Waals surface area contributed by atoms with Crippen molar-refractivity contribution < 1.29 is 14.3 Å². The van der Waals surface area contributed by atoms with Crippen LogP contribution in [0.5, 0.6) is 0 Å². The van der Waals surface area contributed by atoms with Crippen molar-refractivity contribution in [3.05, 3.63) is 71.8 Å². The number of rotatable bonds is 5. The number of para-hydroxylation sites is 1. The summed E-state index contributed by atoms with van der Waals surface area (Å²) in [4.78, 5) is 23.7. The normalized spacial score (nSPS) is 11.9. The van der Waals surface area contributed by atoms with E-state index in [0.717, 1.165) is 11.1 Å². The van der Waals surface area contributed by atoms with Crippen molar-refractivity contribution in [2.24, 2.45) is 0 Å². The summed E-state index contributed by atoms with van der Waals surface area (Å²) < 4.78 is 5.09. The molecule has 23 heavy (non-hydrogen) atoms. The van der Waals surface area contributed by atoms with Crippen LogP contribution in [0.3, 0.4) is 0 Å². The molecule has 118 valence electrons. The first-order chi connectivity index (χ1) is 11.0. The molecule has 1 amide bonds. The van der Waals surface area contributed by atoms with Crippen molar-refractivity contribution in [1.29, 1.82) is 0 Å². The maximum atomic E-state index is 11.9. The molecule has 0 radical (unpaired) electrons. The van der Waals surface area contributed by atoms with Gasteiger partial charge in [0.25, 0.3) is 5.91 Å². The maximum Gasteiger partial charge on any atom is 0.331 e. The van der Waals surface area contributed by atoms with E-state index in [1.807, 2.05) is 49.4 Å². The molecule has 1 atom stereocenters. The predicted octanol–water partition coefficient (Wildman–Crippen LogP) is 3.58. The summed E-state index contributed by atoms with van der Waals surface area (Å²) >= 11 is 0. The van der Waals surface area contributed by atoms with Crippen LogP contribution >= 0.6 is 0 Å². The third-order valence-corrected chi connectivity index (χ3v) is 3.19. The quantitative estimate of drug-likeness (QED) is 0.678. The summed E-state index contributed by atoms with van der Waals surface area (Å²) in [5, 5.41) is 2.69. The van der Waals surface area contributed by atoms with Crippen molar-refractivity contribution in [2.45, 2.75) is 20.0 Å². The lowest BCUT2D eigenvalue weighted by Gasteiger charge is -2.12. The Bertz CT molecular complexity index is 690. The van der Waals surface area contributed by atoms with Gasteiger partial charge in [-0.3, -0.25) is 4.79 Å². The Morgan fingerprint density at radius 3 is 2.35 bits per heavy atom. The zero-order valence-corrected chi connectivity index (χ0v) is 13.2. The fourth-order valence-electron chi connectivity index (χ4n) is 1.87. The monoisotopic (exact) mass is 309 g/mol. The topological polar surface area (TPSA) is 55.4 Å². The largest absolute Gasteiger partial charge is 0.449 e. The first-order valence-corrected chi connectivity index (χ1v) is 7.36. The van der Waals surface area contributed by atoms with E-state index in [0.29, 0.717) is 5.69 Å². The third-order valence-electron chi connectivity index (χ3n) is 3.19. The number of esters is 1. The average Bonchev–Trinajstić information content (AvgIpc) is 2.55. The van der Waals surface area contributed by atoms with Crippen LogP contribution in [0.2, 0.25) is 0 Å². The number of carbonyl (C=O) groups excluding carboxylic acids is 2. The molecule has 0 spiro atoms. The van der Waals surface area contributed by atoms with E-state index < -0.39 is 12.1 Å². The summed E-state index contributed by atoms with van der Waals surface area (Å²) in [5.41, 5.74) is 2.71. The van der Waals surface area contributed by atoms with Gasteiger partial charge in [0.15, 0.2) is 6.10 Å². The second-order valence-corrected chi connectivity index (χ2v) is 5.18.